The topological polar surface area (TPSA) is 0 Å². The molecule has 0 saturated carbocycles. The van der Waals surface area contributed by atoms with Crippen molar-refractivity contribution in [2.45, 2.75) is 61.3 Å². The average Bonchev–Trinajstić information content (AvgIpc) is 1.86. The summed E-state index contributed by atoms with van der Waals surface area (Å²) in [7, 11) is 0. The molecule has 0 heteroatoms. The van der Waals surface area contributed by atoms with Crippen molar-refractivity contribution in [3.8, 4) is 0 Å². The van der Waals surface area contributed by atoms with Gasteiger partial charge in [-0.25, -0.2) is 0 Å². The molecule has 0 aromatic rings. The monoisotopic (exact) mass is 186 g/mol. The second kappa shape index (κ2) is 17.7. The van der Waals surface area contributed by atoms with E-state index >= 15 is 0 Å². The van der Waals surface area contributed by atoms with Crippen LogP contribution in [0.3, 0.4) is 0 Å². The molecule has 0 bridgehead atoms. The zero-order valence-electron chi connectivity index (χ0n) is 10.9. The smallest absolute Gasteiger partial charge is 0.0469 e. The van der Waals surface area contributed by atoms with Crippen LogP contribution in [-0.4, -0.2) is 0 Å². The van der Waals surface area contributed by atoms with E-state index in [0.29, 0.717) is 0 Å². The highest BCUT2D eigenvalue weighted by molar-refractivity contribution is 4.51. The molecule has 0 N–H and O–H groups in total. The third-order valence-corrected chi connectivity index (χ3v) is 0.943. The lowest BCUT2D eigenvalue weighted by Crippen LogP contribution is -1.93. The van der Waals surface area contributed by atoms with E-state index in [0.717, 1.165) is 11.8 Å². The van der Waals surface area contributed by atoms with E-state index in [-0.39, 0.29) is 0 Å². The van der Waals surface area contributed by atoms with Crippen molar-refractivity contribution in [2.24, 2.45) is 11.8 Å². The van der Waals surface area contributed by atoms with Gasteiger partial charge in [-0.2, -0.15) is 0 Å². The van der Waals surface area contributed by atoms with Crippen molar-refractivity contribution >= 4 is 0 Å². The number of hydrogen-bond acceptors (Lipinski definition) is 0. The molecular formula is C13H30. The summed E-state index contributed by atoms with van der Waals surface area (Å²) in [5, 5.41) is 0. The van der Waals surface area contributed by atoms with Gasteiger partial charge in [-0.1, -0.05) is 54.0 Å². The Morgan fingerprint density at radius 3 is 1.15 bits per heavy atom. The SMILES string of the molecule is C=CC.CC(C)CC(C)C.CCC. The fourth-order valence-corrected chi connectivity index (χ4v) is 0.943. The van der Waals surface area contributed by atoms with Gasteiger partial charge in [-0.05, 0) is 25.2 Å². The lowest BCUT2D eigenvalue weighted by atomic mass is 10.0. The molecule has 0 unspecified atom stereocenters. The minimum atomic E-state index is 0.875. The lowest BCUT2D eigenvalue weighted by molar-refractivity contribution is 0.469. The van der Waals surface area contributed by atoms with Gasteiger partial charge < -0.3 is 0 Å². The van der Waals surface area contributed by atoms with Gasteiger partial charge in [-0.15, -0.1) is 6.58 Å². The first-order valence-corrected chi connectivity index (χ1v) is 5.53. The predicted molar refractivity (Wildman–Crippen MR) is 66.1 cm³/mol. The Kier molecular flexibility index (Phi) is 25.2. The van der Waals surface area contributed by atoms with E-state index in [1.807, 2.05) is 6.92 Å². The zero-order chi connectivity index (χ0) is 11.3. The first kappa shape index (κ1) is 18.5. The highest BCUT2D eigenvalue weighted by atomic mass is 14.0. The van der Waals surface area contributed by atoms with Crippen molar-refractivity contribution < 1.29 is 0 Å². The Hall–Kier alpha value is -0.260. The van der Waals surface area contributed by atoms with Crippen LogP contribution in [0.25, 0.3) is 0 Å². The van der Waals surface area contributed by atoms with E-state index in [9.17, 15) is 0 Å². The van der Waals surface area contributed by atoms with Crippen molar-refractivity contribution in [3.63, 3.8) is 0 Å². The van der Waals surface area contributed by atoms with Gasteiger partial charge in [0.2, 0.25) is 0 Å². The second-order valence-corrected chi connectivity index (χ2v) is 4.14. The lowest BCUT2D eigenvalue weighted by Gasteiger charge is -2.05. The van der Waals surface area contributed by atoms with Gasteiger partial charge in [0.1, 0.15) is 0 Å². The summed E-state index contributed by atoms with van der Waals surface area (Å²) in [4.78, 5) is 0. The first-order chi connectivity index (χ1) is 5.95. The summed E-state index contributed by atoms with van der Waals surface area (Å²) in [6.07, 6.45) is 4.36. The second-order valence-electron chi connectivity index (χ2n) is 4.14. The van der Waals surface area contributed by atoms with E-state index in [4.69, 9.17) is 0 Å². The molecule has 0 saturated heterocycles. The number of hydrogen-bond donors (Lipinski definition) is 0. The Balaban J connectivity index is -0.000000140. The van der Waals surface area contributed by atoms with Gasteiger partial charge in [0.05, 0.1) is 0 Å². The van der Waals surface area contributed by atoms with Gasteiger partial charge >= 0.3 is 0 Å². The fraction of sp³-hybridized carbons (Fsp3) is 0.846. The van der Waals surface area contributed by atoms with Crippen LogP contribution < -0.4 is 0 Å². The molecule has 0 amide bonds. The van der Waals surface area contributed by atoms with Crippen molar-refractivity contribution in [2.75, 3.05) is 0 Å². The molecule has 13 heavy (non-hydrogen) atoms. The molecule has 0 spiro atoms. The number of rotatable bonds is 2. The minimum absolute atomic E-state index is 0.875. The van der Waals surface area contributed by atoms with Gasteiger partial charge in [0, 0.05) is 0 Å². The summed E-state index contributed by atoms with van der Waals surface area (Å²) in [6.45, 7) is 18.6. The molecule has 0 aliphatic rings. The molecule has 82 valence electrons. The molecule has 0 atom stereocenters. The van der Waals surface area contributed by atoms with Gasteiger partial charge in [0.15, 0.2) is 0 Å². The zero-order valence-corrected chi connectivity index (χ0v) is 10.9. The Bertz CT molecular complexity index is 64.1. The molecule has 0 heterocycles. The van der Waals surface area contributed by atoms with Crippen LogP contribution in [0, 0.1) is 11.8 Å². The summed E-state index contributed by atoms with van der Waals surface area (Å²) >= 11 is 0. The van der Waals surface area contributed by atoms with Crippen LogP contribution in [0.2, 0.25) is 0 Å². The molecule has 0 fully saturated rings. The third kappa shape index (κ3) is 79.6. The minimum Gasteiger partial charge on any atom is -0.103 e. The van der Waals surface area contributed by atoms with Crippen LogP contribution >= 0.6 is 0 Å². The Labute approximate surface area is 86.4 Å². The van der Waals surface area contributed by atoms with Crippen molar-refractivity contribution in [1.82, 2.24) is 0 Å². The van der Waals surface area contributed by atoms with E-state index in [2.05, 4.69) is 48.1 Å². The third-order valence-electron chi connectivity index (χ3n) is 0.943. The maximum absolute atomic E-state index is 3.36. The van der Waals surface area contributed by atoms with Crippen LogP contribution in [0.15, 0.2) is 12.7 Å². The molecule has 0 nitrogen and oxygen atoms in total. The quantitative estimate of drug-likeness (QED) is 0.513. The molecule has 0 aliphatic carbocycles. The predicted octanol–water partition coefficient (Wildman–Crippen LogP) is 5.30. The maximum Gasteiger partial charge on any atom is -0.0469 e. The van der Waals surface area contributed by atoms with Crippen LogP contribution in [0.5, 0.6) is 0 Å². The molecule has 0 aromatic heterocycles. The maximum atomic E-state index is 3.36. The van der Waals surface area contributed by atoms with Crippen LogP contribution in [0.1, 0.15) is 61.3 Å². The van der Waals surface area contributed by atoms with Crippen LogP contribution in [-0.2, 0) is 0 Å². The molecule has 0 rings (SSSR count). The Morgan fingerprint density at radius 1 is 1.00 bits per heavy atom. The molecule has 0 aromatic carbocycles. The molecular weight excluding hydrogens is 156 g/mol. The summed E-state index contributed by atoms with van der Waals surface area (Å²) < 4.78 is 0. The van der Waals surface area contributed by atoms with Crippen molar-refractivity contribution in [1.29, 1.82) is 0 Å². The van der Waals surface area contributed by atoms with Gasteiger partial charge in [0.25, 0.3) is 0 Å². The average molecular weight is 186 g/mol. The number of allylic oxidation sites excluding steroid dienone is 1. The summed E-state index contributed by atoms with van der Waals surface area (Å²) in [5.41, 5.74) is 0. The largest absolute Gasteiger partial charge is 0.103 e. The highest BCUT2D eigenvalue weighted by Gasteiger charge is 1.95. The first-order valence-electron chi connectivity index (χ1n) is 5.53. The Morgan fingerprint density at radius 2 is 1.15 bits per heavy atom. The standard InChI is InChI=1S/C7H16.C3H8.C3H6/c1-6(2)5-7(3)4;2*1-3-2/h6-7H,5H2,1-4H3;3H2,1-2H3;3H,1H2,2H3. The molecule has 0 aliphatic heterocycles. The van der Waals surface area contributed by atoms with E-state index < -0.39 is 0 Å². The van der Waals surface area contributed by atoms with E-state index in [1.54, 1.807) is 6.08 Å². The van der Waals surface area contributed by atoms with Crippen LogP contribution in [0.4, 0.5) is 0 Å². The summed E-state index contributed by atoms with van der Waals surface area (Å²) in [6, 6.07) is 0. The normalized spacial score (nSPS) is 8.38. The summed E-state index contributed by atoms with van der Waals surface area (Å²) in [5.74, 6) is 1.75. The highest BCUT2D eigenvalue weighted by Crippen LogP contribution is 2.08. The fourth-order valence-electron chi connectivity index (χ4n) is 0.943. The van der Waals surface area contributed by atoms with E-state index in [1.165, 1.54) is 12.8 Å². The molecule has 0 radical (unpaired) electrons. The van der Waals surface area contributed by atoms with Crippen molar-refractivity contribution in [3.05, 3.63) is 12.7 Å². The van der Waals surface area contributed by atoms with Gasteiger partial charge in [-0.3, -0.25) is 0 Å².